The van der Waals surface area contributed by atoms with Gasteiger partial charge < -0.3 is 20.8 Å². The number of nitrogens with one attached hydrogen (secondary N) is 2. The standard InChI is InChI=1S/C45H58N2O4/c1-33(2)27-39(44(50,29-35-19-11-7-12-20-35)30-36-21-13-8-14-22-36)46-41(48)43(5,6)42(49)47-40(28-34(3)4)45(51,31-37-23-15-9-16-24-37)32-38-25-17-10-18-26-38/h7-26,33-34,39-40,50-51H,27-32H2,1-6H3,(H,46,48)(H,47,49)/t39-,40-/m1/s1. The second-order valence-electron chi connectivity index (χ2n) is 15.8. The van der Waals surface area contributed by atoms with Crippen molar-refractivity contribution in [2.45, 2.75) is 103 Å². The zero-order valence-corrected chi connectivity index (χ0v) is 31.3. The molecule has 0 unspecified atom stereocenters. The van der Waals surface area contributed by atoms with Gasteiger partial charge in [-0.1, -0.05) is 149 Å². The topological polar surface area (TPSA) is 98.7 Å². The zero-order chi connectivity index (χ0) is 37.1. The van der Waals surface area contributed by atoms with Crippen LogP contribution in [0.15, 0.2) is 121 Å². The number of benzene rings is 4. The number of rotatable bonds is 18. The molecule has 0 bridgehead atoms. The lowest BCUT2D eigenvalue weighted by Gasteiger charge is -2.41. The predicted octanol–water partition coefficient (Wildman–Crippen LogP) is 7.51. The maximum atomic E-state index is 14.3. The van der Waals surface area contributed by atoms with Gasteiger partial charge in [0, 0.05) is 25.7 Å². The van der Waals surface area contributed by atoms with E-state index in [1.807, 2.05) is 121 Å². The largest absolute Gasteiger partial charge is 0.387 e. The third kappa shape index (κ3) is 11.4. The molecule has 0 radical (unpaired) electrons. The van der Waals surface area contributed by atoms with Crippen LogP contribution in [-0.4, -0.2) is 45.3 Å². The van der Waals surface area contributed by atoms with Crippen LogP contribution in [0.4, 0.5) is 0 Å². The van der Waals surface area contributed by atoms with Gasteiger partial charge in [-0.2, -0.15) is 0 Å². The highest BCUT2D eigenvalue weighted by Gasteiger charge is 2.46. The Kier molecular flexibility index (Phi) is 13.8. The number of hydrogen-bond donors (Lipinski definition) is 4. The lowest BCUT2D eigenvalue weighted by Crippen LogP contribution is -2.62. The number of amides is 2. The van der Waals surface area contributed by atoms with E-state index in [1.54, 1.807) is 13.8 Å². The van der Waals surface area contributed by atoms with Crippen LogP contribution in [0.3, 0.4) is 0 Å². The molecule has 0 aliphatic rings. The molecule has 0 aliphatic carbocycles. The minimum atomic E-state index is -1.51. The minimum absolute atomic E-state index is 0.159. The van der Waals surface area contributed by atoms with Gasteiger partial charge in [0.1, 0.15) is 5.41 Å². The Bertz CT molecular complexity index is 1430. The smallest absolute Gasteiger partial charge is 0.235 e. The molecule has 0 saturated heterocycles. The Hall–Kier alpha value is -4.26. The molecule has 2 amide bonds. The lowest BCUT2D eigenvalue weighted by atomic mass is 9.77. The van der Waals surface area contributed by atoms with E-state index >= 15 is 0 Å². The third-order valence-corrected chi connectivity index (χ3v) is 9.87. The molecule has 0 spiro atoms. The van der Waals surface area contributed by atoms with Crippen LogP contribution in [-0.2, 0) is 35.3 Å². The van der Waals surface area contributed by atoms with Crippen LogP contribution < -0.4 is 10.6 Å². The van der Waals surface area contributed by atoms with Crippen LogP contribution in [0.25, 0.3) is 0 Å². The van der Waals surface area contributed by atoms with Crippen LogP contribution in [0.2, 0.25) is 0 Å². The van der Waals surface area contributed by atoms with Gasteiger partial charge in [0.2, 0.25) is 11.8 Å². The van der Waals surface area contributed by atoms with E-state index in [1.165, 1.54) is 0 Å². The zero-order valence-electron chi connectivity index (χ0n) is 31.3. The highest BCUT2D eigenvalue weighted by molar-refractivity contribution is 6.04. The summed E-state index contributed by atoms with van der Waals surface area (Å²) in [5, 5.41) is 31.5. The fraction of sp³-hybridized carbons (Fsp3) is 0.422. The third-order valence-electron chi connectivity index (χ3n) is 9.87. The van der Waals surface area contributed by atoms with Gasteiger partial charge in [-0.15, -0.1) is 0 Å². The van der Waals surface area contributed by atoms with Gasteiger partial charge in [-0.3, -0.25) is 9.59 Å². The molecule has 4 aromatic rings. The summed E-state index contributed by atoms with van der Waals surface area (Å²) >= 11 is 0. The molecule has 0 heterocycles. The Labute approximate surface area is 305 Å². The first-order valence-corrected chi connectivity index (χ1v) is 18.4. The highest BCUT2D eigenvalue weighted by Crippen LogP contribution is 2.31. The quantitative estimate of drug-likeness (QED) is 0.0813. The van der Waals surface area contributed by atoms with Crippen molar-refractivity contribution in [3.63, 3.8) is 0 Å². The number of hydrogen-bond acceptors (Lipinski definition) is 4. The van der Waals surface area contributed by atoms with Crippen LogP contribution >= 0.6 is 0 Å². The Balaban J connectivity index is 1.64. The van der Waals surface area contributed by atoms with Crippen molar-refractivity contribution < 1.29 is 19.8 Å². The summed E-state index contributed by atoms with van der Waals surface area (Å²) in [7, 11) is 0. The number of aliphatic hydroxyl groups is 2. The summed E-state index contributed by atoms with van der Waals surface area (Å²) < 4.78 is 0. The molecule has 6 heteroatoms. The van der Waals surface area contributed by atoms with Gasteiger partial charge in [0.15, 0.2) is 0 Å². The van der Waals surface area contributed by atoms with Crippen molar-refractivity contribution in [2.24, 2.45) is 17.3 Å². The van der Waals surface area contributed by atoms with Gasteiger partial charge >= 0.3 is 0 Å². The summed E-state index contributed by atoms with van der Waals surface area (Å²) in [6.07, 6.45) is 2.35. The van der Waals surface area contributed by atoms with Crippen molar-refractivity contribution in [1.29, 1.82) is 0 Å². The number of carbonyl (C=O) groups is 2. The number of carbonyl (C=O) groups excluding carboxylic acids is 2. The summed E-state index contributed by atoms with van der Waals surface area (Å²) in [5.41, 5.74) is -0.327. The first kappa shape index (κ1) is 39.5. The van der Waals surface area contributed by atoms with Crippen molar-refractivity contribution in [3.05, 3.63) is 144 Å². The monoisotopic (exact) mass is 690 g/mol. The van der Waals surface area contributed by atoms with E-state index in [0.29, 0.717) is 38.5 Å². The SMILES string of the molecule is CC(C)C[C@@H](NC(=O)C(C)(C)C(=O)N[C@H](CC(C)C)C(O)(Cc1ccccc1)Cc1ccccc1)C(O)(Cc1ccccc1)Cc1ccccc1. The summed E-state index contributed by atoms with van der Waals surface area (Å²) in [6.45, 7) is 11.5. The van der Waals surface area contributed by atoms with Crippen molar-refractivity contribution in [3.8, 4) is 0 Å². The first-order chi connectivity index (χ1) is 24.2. The fourth-order valence-electron chi connectivity index (χ4n) is 6.96. The summed E-state index contributed by atoms with van der Waals surface area (Å²) in [5.74, 6) is -0.621. The second-order valence-corrected chi connectivity index (χ2v) is 15.8. The van der Waals surface area contributed by atoms with E-state index in [2.05, 4.69) is 38.3 Å². The molecule has 0 aliphatic heterocycles. The van der Waals surface area contributed by atoms with Crippen LogP contribution in [0.5, 0.6) is 0 Å². The average molecular weight is 691 g/mol. The lowest BCUT2D eigenvalue weighted by molar-refractivity contribution is -0.145. The molecule has 4 N–H and O–H groups in total. The fourth-order valence-corrected chi connectivity index (χ4v) is 6.96. The molecule has 272 valence electrons. The maximum absolute atomic E-state index is 14.3. The predicted molar refractivity (Wildman–Crippen MR) is 207 cm³/mol. The Morgan fingerprint density at radius 2 is 0.725 bits per heavy atom. The van der Waals surface area contributed by atoms with Gasteiger partial charge in [0.05, 0.1) is 23.3 Å². The van der Waals surface area contributed by atoms with E-state index in [9.17, 15) is 19.8 Å². The van der Waals surface area contributed by atoms with E-state index in [-0.39, 0.29) is 11.8 Å². The van der Waals surface area contributed by atoms with Gasteiger partial charge in [0.25, 0.3) is 0 Å². The van der Waals surface area contributed by atoms with Crippen LogP contribution in [0, 0.1) is 17.3 Å². The van der Waals surface area contributed by atoms with E-state index < -0.39 is 40.5 Å². The molecule has 4 rings (SSSR count). The van der Waals surface area contributed by atoms with Crippen molar-refractivity contribution in [1.82, 2.24) is 10.6 Å². The molecular weight excluding hydrogens is 633 g/mol. The molecule has 2 atom stereocenters. The average Bonchev–Trinajstić information content (AvgIpc) is 3.09. The van der Waals surface area contributed by atoms with Crippen molar-refractivity contribution in [2.75, 3.05) is 0 Å². The minimum Gasteiger partial charge on any atom is -0.387 e. The molecule has 0 fully saturated rings. The first-order valence-electron chi connectivity index (χ1n) is 18.4. The Morgan fingerprint density at radius 3 is 0.941 bits per heavy atom. The van der Waals surface area contributed by atoms with Crippen LogP contribution in [0.1, 0.15) is 76.6 Å². The summed E-state index contributed by atoms with van der Waals surface area (Å²) in [6, 6.07) is 38.0. The molecule has 4 aromatic carbocycles. The highest BCUT2D eigenvalue weighted by atomic mass is 16.3. The molecule has 0 saturated carbocycles. The van der Waals surface area contributed by atoms with Gasteiger partial charge in [-0.05, 0) is 60.8 Å². The molecule has 6 nitrogen and oxygen atoms in total. The Morgan fingerprint density at radius 1 is 0.490 bits per heavy atom. The summed E-state index contributed by atoms with van der Waals surface area (Å²) in [4.78, 5) is 28.7. The molecular formula is C45H58N2O4. The molecule has 51 heavy (non-hydrogen) atoms. The van der Waals surface area contributed by atoms with E-state index in [0.717, 1.165) is 22.3 Å². The van der Waals surface area contributed by atoms with Gasteiger partial charge in [-0.25, -0.2) is 0 Å². The maximum Gasteiger partial charge on any atom is 0.235 e. The van der Waals surface area contributed by atoms with Crippen molar-refractivity contribution >= 4 is 11.8 Å². The van der Waals surface area contributed by atoms with E-state index in [4.69, 9.17) is 0 Å². The molecule has 0 aromatic heterocycles. The normalized spacial score (nSPS) is 13.5. The second kappa shape index (κ2) is 17.8.